The van der Waals surface area contributed by atoms with E-state index in [1.807, 2.05) is 43.3 Å². The Morgan fingerprint density at radius 3 is 2.50 bits per heavy atom. The van der Waals surface area contributed by atoms with Gasteiger partial charge in [-0.05, 0) is 43.4 Å². The monoisotopic (exact) mass is 527 g/mol. The number of hydrogen-bond acceptors (Lipinski definition) is 8. The van der Waals surface area contributed by atoms with Crippen LogP contribution in [0.5, 0.6) is 0 Å². The number of rotatable bonds is 5. The lowest BCUT2D eigenvalue weighted by Gasteiger charge is -2.39. The number of fused-ring (bicyclic) bond motifs is 1. The molecule has 1 aromatic heterocycles. The maximum absolute atomic E-state index is 13.2. The van der Waals surface area contributed by atoms with Gasteiger partial charge in [-0.3, -0.25) is 14.6 Å². The van der Waals surface area contributed by atoms with Crippen LogP contribution in [0.3, 0.4) is 0 Å². The van der Waals surface area contributed by atoms with Gasteiger partial charge in [-0.15, -0.1) is 0 Å². The zero-order valence-electron chi connectivity index (χ0n) is 20.0. The van der Waals surface area contributed by atoms with Crippen molar-refractivity contribution in [1.29, 1.82) is 0 Å². The van der Waals surface area contributed by atoms with Gasteiger partial charge in [0.1, 0.15) is 11.4 Å². The van der Waals surface area contributed by atoms with Gasteiger partial charge in [0.2, 0.25) is 5.95 Å². The average molecular weight is 528 g/mol. The number of aliphatic hydroxyl groups excluding tert-OH is 1. The molecule has 2 aliphatic rings. The van der Waals surface area contributed by atoms with Crippen LogP contribution < -0.4 is 20.0 Å². The van der Waals surface area contributed by atoms with E-state index < -0.39 is 0 Å². The van der Waals surface area contributed by atoms with Crippen LogP contribution in [0, 0.1) is 0 Å². The number of hydrogen-bond donors (Lipinski definition) is 2. The first-order chi connectivity index (χ1) is 17.4. The number of nitrogens with zero attached hydrogens (tertiary/aromatic N) is 6. The van der Waals surface area contributed by atoms with E-state index in [0.717, 1.165) is 31.0 Å². The molecule has 2 aromatic carbocycles. The molecule has 2 N–H and O–H groups in total. The van der Waals surface area contributed by atoms with E-state index in [1.54, 1.807) is 18.2 Å². The molecule has 5 rings (SSSR count). The van der Waals surface area contributed by atoms with E-state index in [2.05, 4.69) is 25.1 Å². The van der Waals surface area contributed by atoms with Crippen LogP contribution in [0.25, 0.3) is 0 Å². The predicted molar refractivity (Wildman–Crippen MR) is 144 cm³/mol. The smallest absolute Gasteiger partial charge is 0.265 e. The molecule has 0 bridgehead atoms. The van der Waals surface area contributed by atoms with Crippen molar-refractivity contribution in [3.05, 3.63) is 64.3 Å². The second-order valence-corrected chi connectivity index (χ2v) is 9.82. The molecule has 3 aromatic rings. The highest BCUT2D eigenvalue weighted by Gasteiger charge is 2.32. The minimum atomic E-state index is -0.262. The minimum Gasteiger partial charge on any atom is -0.395 e. The lowest BCUT2D eigenvalue weighted by molar-refractivity contribution is 0.0982. The number of halogens is 2. The van der Waals surface area contributed by atoms with E-state index in [0.29, 0.717) is 33.1 Å². The number of likely N-dealkylation sites (N-methyl/N-ethyl adjacent to an activating group) is 1. The lowest BCUT2D eigenvalue weighted by Crippen LogP contribution is -2.53. The molecule has 0 unspecified atom stereocenters. The Balaban J connectivity index is 1.32. The third-order valence-electron chi connectivity index (χ3n) is 6.64. The van der Waals surface area contributed by atoms with Crippen molar-refractivity contribution >= 4 is 57.9 Å². The fraction of sp³-hybridized carbons (Fsp3) is 0.320. The molecule has 2 aliphatic heterocycles. The van der Waals surface area contributed by atoms with Gasteiger partial charge in [0, 0.05) is 44.3 Å². The van der Waals surface area contributed by atoms with Crippen LogP contribution in [-0.2, 0) is 0 Å². The van der Waals surface area contributed by atoms with Crippen molar-refractivity contribution < 1.29 is 9.90 Å². The summed E-state index contributed by atoms with van der Waals surface area (Å²) in [5.74, 6) is 0.661. The normalized spacial score (nSPS) is 18.4. The number of piperazine rings is 1. The van der Waals surface area contributed by atoms with Gasteiger partial charge >= 0.3 is 0 Å². The molecule has 11 heteroatoms. The predicted octanol–water partition coefficient (Wildman–Crippen LogP) is 3.69. The average Bonchev–Trinajstić information content (AvgIpc) is 2.87. The summed E-state index contributed by atoms with van der Waals surface area (Å²) in [5.41, 5.74) is 2.77. The van der Waals surface area contributed by atoms with E-state index >= 15 is 0 Å². The minimum absolute atomic E-state index is 0.130. The summed E-state index contributed by atoms with van der Waals surface area (Å²) in [4.78, 5) is 30.1. The van der Waals surface area contributed by atoms with Crippen LogP contribution in [0.2, 0.25) is 10.0 Å². The number of benzene rings is 2. The van der Waals surface area contributed by atoms with Crippen molar-refractivity contribution in [3.8, 4) is 0 Å². The van der Waals surface area contributed by atoms with Crippen molar-refractivity contribution in [3.63, 3.8) is 0 Å². The first kappa shape index (κ1) is 24.6. The standard InChI is InChI=1S/C25H27Cl2N7O2/c1-31-10-11-33(13-18(31)14-35)17-8-6-16(7-9-17)29-25-28-12-19-23(30-25)32(2)15-34(24(19)36)22-20(26)4-3-5-21(22)27/h3-9,12,18,35H,10-11,13-15H2,1-2H3,(H,28,29,30)/t18-/m0/s1. The maximum Gasteiger partial charge on any atom is 0.265 e. The van der Waals surface area contributed by atoms with Crippen LogP contribution >= 0.6 is 23.2 Å². The van der Waals surface area contributed by atoms with E-state index in [4.69, 9.17) is 23.2 Å². The van der Waals surface area contributed by atoms with Crippen LogP contribution in [0.1, 0.15) is 10.4 Å². The molecule has 0 aliphatic carbocycles. The summed E-state index contributed by atoms with van der Waals surface area (Å²) < 4.78 is 0. The van der Waals surface area contributed by atoms with Crippen LogP contribution in [0.4, 0.5) is 28.8 Å². The molecule has 0 spiro atoms. The van der Waals surface area contributed by atoms with Gasteiger partial charge in [0.25, 0.3) is 5.91 Å². The van der Waals surface area contributed by atoms with Gasteiger partial charge in [0.15, 0.2) is 0 Å². The topological polar surface area (TPSA) is 88.1 Å². The number of nitrogens with one attached hydrogen (secondary N) is 1. The van der Waals surface area contributed by atoms with E-state index in [1.165, 1.54) is 11.1 Å². The largest absolute Gasteiger partial charge is 0.395 e. The molecule has 9 nitrogen and oxygen atoms in total. The molecular weight excluding hydrogens is 501 g/mol. The fourth-order valence-electron chi connectivity index (χ4n) is 4.55. The summed E-state index contributed by atoms with van der Waals surface area (Å²) in [6.45, 7) is 2.98. The van der Waals surface area contributed by atoms with Gasteiger partial charge in [-0.25, -0.2) is 4.98 Å². The summed E-state index contributed by atoms with van der Waals surface area (Å²) in [7, 11) is 3.89. The molecule has 0 radical (unpaired) electrons. The van der Waals surface area contributed by atoms with Crippen molar-refractivity contribution in [2.45, 2.75) is 6.04 Å². The first-order valence-electron chi connectivity index (χ1n) is 11.6. The first-order valence-corrected chi connectivity index (χ1v) is 12.4. The van der Waals surface area contributed by atoms with E-state index in [-0.39, 0.29) is 25.2 Å². The Morgan fingerprint density at radius 1 is 1.08 bits per heavy atom. The molecule has 1 fully saturated rings. The number of carbonyl (C=O) groups is 1. The number of aromatic nitrogens is 2. The highest BCUT2D eigenvalue weighted by atomic mass is 35.5. The molecular formula is C25H27Cl2N7O2. The summed E-state index contributed by atoms with van der Waals surface area (Å²) >= 11 is 12.7. The zero-order chi connectivity index (χ0) is 25.4. The summed E-state index contributed by atoms with van der Waals surface area (Å²) in [5, 5.41) is 13.6. The van der Waals surface area contributed by atoms with Crippen LogP contribution in [0.15, 0.2) is 48.7 Å². The number of carbonyl (C=O) groups excluding carboxylic acids is 1. The number of anilines is 5. The molecule has 3 heterocycles. The van der Waals surface area contributed by atoms with Crippen molar-refractivity contribution in [2.75, 3.05) is 67.0 Å². The van der Waals surface area contributed by atoms with Gasteiger partial charge in [-0.1, -0.05) is 29.3 Å². The van der Waals surface area contributed by atoms with Gasteiger partial charge < -0.3 is 20.2 Å². The van der Waals surface area contributed by atoms with Crippen molar-refractivity contribution in [1.82, 2.24) is 14.9 Å². The molecule has 0 saturated carbocycles. The third-order valence-corrected chi connectivity index (χ3v) is 7.25. The van der Waals surface area contributed by atoms with Gasteiger partial charge in [-0.2, -0.15) is 4.98 Å². The highest BCUT2D eigenvalue weighted by molar-refractivity contribution is 6.40. The lowest BCUT2D eigenvalue weighted by atomic mass is 10.1. The highest BCUT2D eigenvalue weighted by Crippen LogP contribution is 2.37. The fourth-order valence-corrected chi connectivity index (χ4v) is 5.15. The quantitative estimate of drug-likeness (QED) is 0.519. The Labute approximate surface area is 219 Å². The molecule has 1 atom stereocenters. The molecule has 1 amide bonds. The van der Waals surface area contributed by atoms with E-state index in [9.17, 15) is 9.90 Å². The summed E-state index contributed by atoms with van der Waals surface area (Å²) in [6, 6.07) is 13.3. The maximum atomic E-state index is 13.2. The SMILES string of the molecule is CN1CN(c2c(Cl)cccc2Cl)C(=O)c2cnc(Nc3ccc(N4CCN(C)[C@H](CO)C4)cc3)nc21. The van der Waals surface area contributed by atoms with Gasteiger partial charge in [0.05, 0.1) is 35.1 Å². The number of amides is 1. The van der Waals surface area contributed by atoms with Crippen LogP contribution in [-0.4, -0.2) is 78.9 Å². The Bertz CT molecular complexity index is 1250. The zero-order valence-corrected chi connectivity index (χ0v) is 21.5. The molecule has 1 saturated heterocycles. The van der Waals surface area contributed by atoms with Crippen molar-refractivity contribution in [2.24, 2.45) is 0 Å². The molecule has 36 heavy (non-hydrogen) atoms. The Kier molecular flexibility index (Phi) is 6.90. The summed E-state index contributed by atoms with van der Waals surface area (Å²) in [6.07, 6.45) is 1.52. The number of para-hydroxylation sites is 1. The molecule has 188 valence electrons. The second kappa shape index (κ2) is 10.1. The Hall–Kier alpha value is -3.11. The Morgan fingerprint density at radius 2 is 1.81 bits per heavy atom. The number of aliphatic hydroxyl groups is 1. The second-order valence-electron chi connectivity index (χ2n) is 9.01. The third kappa shape index (κ3) is 4.67.